The number of hydrogen-bond donors (Lipinski definition) is 0. The summed E-state index contributed by atoms with van der Waals surface area (Å²) in [7, 11) is 1.51. The fourth-order valence-electron chi connectivity index (χ4n) is 0.703. The van der Waals surface area contributed by atoms with E-state index in [0.717, 1.165) is 0 Å². The van der Waals surface area contributed by atoms with Crippen LogP contribution in [0.3, 0.4) is 0 Å². The van der Waals surface area contributed by atoms with Gasteiger partial charge in [0.15, 0.2) is 0 Å². The lowest BCUT2D eigenvalue weighted by Gasteiger charge is -2.00. The molecule has 0 aliphatic carbocycles. The van der Waals surface area contributed by atoms with E-state index in [2.05, 4.69) is 6.07 Å². The van der Waals surface area contributed by atoms with Crippen LogP contribution in [0.1, 0.15) is 0 Å². The molecule has 0 aliphatic heterocycles. The highest BCUT2D eigenvalue weighted by Crippen LogP contribution is 2.24. The lowest BCUT2D eigenvalue weighted by atomic mass is 10.3. The molecule has 0 aromatic heterocycles. The van der Waals surface area contributed by atoms with Crippen molar-refractivity contribution in [3.05, 3.63) is 31.9 Å². The molecule has 12 heavy (non-hydrogen) atoms. The van der Waals surface area contributed by atoms with Crippen LogP contribution in [0.15, 0.2) is 12.1 Å². The van der Waals surface area contributed by atoms with Gasteiger partial charge in [-0.05, 0) is 28.7 Å². The van der Waals surface area contributed by atoms with Crippen molar-refractivity contribution in [3.8, 4) is 5.75 Å². The van der Waals surface area contributed by atoms with E-state index in [0.29, 0.717) is 9.32 Å². The minimum absolute atomic E-state index is 0.0415. The van der Waals surface area contributed by atoms with Gasteiger partial charge < -0.3 is 4.74 Å². The van der Waals surface area contributed by atoms with Crippen LogP contribution in [0.4, 0.5) is 5.69 Å². The monoisotopic (exact) mass is 278 g/mol. The second-order valence-electron chi connectivity index (χ2n) is 1.99. The summed E-state index contributed by atoms with van der Waals surface area (Å²) >= 11 is 1.97. The molecule has 4 nitrogen and oxygen atoms in total. The van der Waals surface area contributed by atoms with E-state index < -0.39 is 4.92 Å². The van der Waals surface area contributed by atoms with E-state index in [1.54, 1.807) is 0 Å². The maximum atomic E-state index is 10.3. The van der Waals surface area contributed by atoms with Crippen LogP contribution in [0, 0.1) is 19.8 Å². The summed E-state index contributed by atoms with van der Waals surface area (Å²) in [5.74, 6) is 0.598. The molecule has 0 spiro atoms. The molecule has 1 rings (SSSR count). The fourth-order valence-corrected chi connectivity index (χ4v) is 1.37. The fraction of sp³-hybridized carbons (Fsp3) is 0.143. The summed E-state index contributed by atoms with van der Waals surface area (Å²) in [6.45, 7) is 0. The number of methoxy groups -OCH3 is 1. The van der Waals surface area contributed by atoms with Crippen LogP contribution < -0.4 is 4.74 Å². The Morgan fingerprint density at radius 3 is 2.83 bits per heavy atom. The first-order chi connectivity index (χ1) is 5.65. The second-order valence-corrected chi connectivity index (χ2v) is 3.15. The van der Waals surface area contributed by atoms with E-state index in [1.807, 2.05) is 22.6 Å². The first kappa shape index (κ1) is 9.24. The number of nitrogens with zero attached hydrogens (tertiary/aromatic N) is 1. The van der Waals surface area contributed by atoms with Crippen LogP contribution in [0.5, 0.6) is 5.75 Å². The van der Waals surface area contributed by atoms with Crippen molar-refractivity contribution < 1.29 is 9.66 Å². The number of benzene rings is 1. The number of non-ortho nitro benzene ring substituents is 1. The van der Waals surface area contributed by atoms with E-state index >= 15 is 0 Å². The average molecular weight is 278 g/mol. The standard InChI is InChI=1S/C7H5INO3/c1-12-7-3-2-5(9(10)11)4-6(7)8/h3-4H,1H3. The van der Waals surface area contributed by atoms with Crippen molar-refractivity contribution >= 4 is 28.3 Å². The first-order valence-electron chi connectivity index (χ1n) is 3.04. The highest BCUT2D eigenvalue weighted by molar-refractivity contribution is 14.1. The summed E-state index contributed by atoms with van der Waals surface area (Å²) in [6, 6.07) is 5.37. The van der Waals surface area contributed by atoms with E-state index in [4.69, 9.17) is 4.74 Å². The van der Waals surface area contributed by atoms with Crippen molar-refractivity contribution in [2.45, 2.75) is 0 Å². The Bertz CT molecular complexity index is 314. The molecule has 1 aromatic rings. The molecule has 0 unspecified atom stereocenters. The molecular weight excluding hydrogens is 273 g/mol. The average Bonchev–Trinajstić information content (AvgIpc) is 2.04. The van der Waals surface area contributed by atoms with Gasteiger partial charge in [0.1, 0.15) is 5.75 Å². The molecule has 0 heterocycles. The third-order valence-corrected chi connectivity index (χ3v) is 2.11. The highest BCUT2D eigenvalue weighted by Gasteiger charge is 2.08. The third kappa shape index (κ3) is 1.84. The summed E-state index contributed by atoms with van der Waals surface area (Å²) in [6.07, 6.45) is 0. The molecular formula is C7H5INO3. The Labute approximate surface area is 82.8 Å². The van der Waals surface area contributed by atoms with Gasteiger partial charge >= 0.3 is 0 Å². The summed E-state index contributed by atoms with van der Waals surface area (Å²) < 4.78 is 5.63. The molecule has 0 atom stereocenters. The van der Waals surface area contributed by atoms with Crippen LogP contribution in [0.25, 0.3) is 0 Å². The van der Waals surface area contributed by atoms with Crippen molar-refractivity contribution in [3.63, 3.8) is 0 Å². The molecule has 0 N–H and O–H groups in total. The van der Waals surface area contributed by atoms with Crippen molar-refractivity contribution in [2.75, 3.05) is 7.11 Å². The minimum Gasteiger partial charge on any atom is -0.496 e. The highest BCUT2D eigenvalue weighted by atomic mass is 127. The van der Waals surface area contributed by atoms with Gasteiger partial charge in [-0.3, -0.25) is 10.1 Å². The van der Waals surface area contributed by atoms with Crippen molar-refractivity contribution in [1.82, 2.24) is 0 Å². The molecule has 0 aliphatic rings. The van der Waals surface area contributed by atoms with Crippen molar-refractivity contribution in [2.24, 2.45) is 0 Å². The quantitative estimate of drug-likeness (QED) is 0.472. The lowest BCUT2D eigenvalue weighted by molar-refractivity contribution is -0.385. The van der Waals surface area contributed by atoms with Crippen LogP contribution in [-0.4, -0.2) is 12.0 Å². The summed E-state index contributed by atoms with van der Waals surface area (Å²) in [5, 5.41) is 10.3. The molecule has 0 saturated heterocycles. The van der Waals surface area contributed by atoms with Crippen molar-refractivity contribution in [1.29, 1.82) is 0 Å². The zero-order chi connectivity index (χ0) is 9.14. The number of rotatable bonds is 2. The Balaban J connectivity index is 3.10. The SMILES string of the molecule is COc1c[c]c([N+](=O)[O-])cc1I. The number of ether oxygens (including phenoxy) is 1. The molecule has 0 saturated carbocycles. The van der Waals surface area contributed by atoms with Crippen LogP contribution in [-0.2, 0) is 0 Å². The van der Waals surface area contributed by atoms with Gasteiger partial charge in [-0.25, -0.2) is 0 Å². The topological polar surface area (TPSA) is 52.4 Å². The minimum atomic E-state index is -0.485. The van der Waals surface area contributed by atoms with Gasteiger partial charge in [0, 0.05) is 6.07 Å². The first-order valence-corrected chi connectivity index (χ1v) is 4.12. The van der Waals surface area contributed by atoms with E-state index in [9.17, 15) is 10.1 Å². The maximum Gasteiger partial charge on any atom is 0.278 e. The number of nitro benzene ring substituents is 1. The molecule has 5 heteroatoms. The smallest absolute Gasteiger partial charge is 0.278 e. The van der Waals surface area contributed by atoms with Gasteiger partial charge in [0.05, 0.1) is 21.7 Å². The molecule has 0 amide bonds. The molecule has 0 fully saturated rings. The number of nitro groups is 1. The van der Waals surface area contributed by atoms with Gasteiger partial charge in [-0.1, -0.05) is 0 Å². The summed E-state index contributed by atoms with van der Waals surface area (Å²) in [4.78, 5) is 9.80. The van der Waals surface area contributed by atoms with Gasteiger partial charge in [-0.15, -0.1) is 0 Å². The molecule has 0 bridgehead atoms. The van der Waals surface area contributed by atoms with Gasteiger partial charge in [0.25, 0.3) is 5.69 Å². The molecule has 63 valence electrons. The molecule has 1 radical (unpaired) electrons. The Hall–Kier alpha value is -0.850. The van der Waals surface area contributed by atoms with E-state index in [-0.39, 0.29) is 5.69 Å². The normalized spacial score (nSPS) is 9.50. The lowest BCUT2D eigenvalue weighted by Crippen LogP contribution is -1.91. The summed E-state index contributed by atoms with van der Waals surface area (Å²) in [5.41, 5.74) is -0.0415. The largest absolute Gasteiger partial charge is 0.496 e. The zero-order valence-corrected chi connectivity index (χ0v) is 8.36. The predicted molar refractivity (Wildman–Crippen MR) is 51.2 cm³/mol. The third-order valence-electron chi connectivity index (χ3n) is 1.27. The van der Waals surface area contributed by atoms with E-state index in [1.165, 1.54) is 19.2 Å². The Kier molecular flexibility index (Phi) is 2.85. The van der Waals surface area contributed by atoms with Crippen LogP contribution >= 0.6 is 22.6 Å². The predicted octanol–water partition coefficient (Wildman–Crippen LogP) is 2.01. The van der Waals surface area contributed by atoms with Crippen LogP contribution in [0.2, 0.25) is 0 Å². The number of halogens is 1. The Morgan fingerprint density at radius 2 is 2.42 bits per heavy atom. The maximum absolute atomic E-state index is 10.3. The Morgan fingerprint density at radius 1 is 1.75 bits per heavy atom. The number of hydrogen-bond acceptors (Lipinski definition) is 3. The zero-order valence-electron chi connectivity index (χ0n) is 6.20. The second kappa shape index (κ2) is 3.70. The van der Waals surface area contributed by atoms with Gasteiger partial charge in [0.2, 0.25) is 0 Å². The van der Waals surface area contributed by atoms with Gasteiger partial charge in [-0.2, -0.15) is 0 Å². The molecule has 1 aromatic carbocycles.